The zero-order chi connectivity index (χ0) is 18.6. The van der Waals surface area contributed by atoms with Crippen LogP contribution in [-0.4, -0.2) is 51.8 Å². The first-order chi connectivity index (χ1) is 13.2. The summed E-state index contributed by atoms with van der Waals surface area (Å²) < 4.78 is 1.95. The second kappa shape index (κ2) is 8.21. The summed E-state index contributed by atoms with van der Waals surface area (Å²) in [4.78, 5) is 18.3. The molecule has 0 saturated carbocycles. The maximum atomic E-state index is 11.1. The van der Waals surface area contributed by atoms with E-state index in [1.165, 1.54) is 31.5 Å². The van der Waals surface area contributed by atoms with Crippen LogP contribution in [0.15, 0.2) is 30.5 Å². The first kappa shape index (κ1) is 18.2. The van der Waals surface area contributed by atoms with Crippen molar-refractivity contribution in [2.24, 2.45) is 5.92 Å². The van der Waals surface area contributed by atoms with Crippen LogP contribution in [0.3, 0.4) is 0 Å². The van der Waals surface area contributed by atoms with Gasteiger partial charge in [0, 0.05) is 44.1 Å². The predicted octanol–water partition coefficient (Wildman–Crippen LogP) is 2.71. The lowest BCUT2D eigenvalue weighted by atomic mass is 9.94. The first-order valence-electron chi connectivity index (χ1n) is 10.1. The van der Waals surface area contributed by atoms with Crippen molar-refractivity contribution in [1.82, 2.24) is 25.0 Å². The predicted molar refractivity (Wildman–Crippen MR) is 106 cm³/mol. The van der Waals surface area contributed by atoms with E-state index in [9.17, 15) is 4.79 Å². The van der Waals surface area contributed by atoms with E-state index >= 15 is 0 Å². The van der Waals surface area contributed by atoms with Crippen LogP contribution in [0.1, 0.15) is 44.2 Å². The van der Waals surface area contributed by atoms with Crippen molar-refractivity contribution in [2.45, 2.75) is 45.1 Å². The van der Waals surface area contributed by atoms with E-state index in [0.717, 1.165) is 36.5 Å². The van der Waals surface area contributed by atoms with Gasteiger partial charge in [0.1, 0.15) is 0 Å². The smallest absolute Gasteiger partial charge is 0.216 e. The van der Waals surface area contributed by atoms with Crippen LogP contribution in [-0.2, 0) is 11.3 Å². The third-order valence-corrected chi connectivity index (χ3v) is 5.79. The number of hydrogen-bond donors (Lipinski definition) is 1. The summed E-state index contributed by atoms with van der Waals surface area (Å²) in [5, 5.41) is 8.92. The molecule has 2 aromatic rings. The summed E-state index contributed by atoms with van der Waals surface area (Å²) in [7, 11) is 0. The average Bonchev–Trinajstić information content (AvgIpc) is 3.27. The van der Waals surface area contributed by atoms with E-state index in [4.69, 9.17) is 5.10 Å². The molecule has 6 heteroatoms. The molecule has 2 aliphatic rings. The third-order valence-electron chi connectivity index (χ3n) is 5.79. The molecule has 1 aliphatic carbocycles. The summed E-state index contributed by atoms with van der Waals surface area (Å²) >= 11 is 0. The van der Waals surface area contributed by atoms with Gasteiger partial charge >= 0.3 is 0 Å². The Balaban J connectivity index is 1.46. The number of fused-ring (bicyclic) bond motifs is 1. The van der Waals surface area contributed by atoms with Crippen LogP contribution in [0.4, 0.5) is 0 Å². The van der Waals surface area contributed by atoms with Gasteiger partial charge in [0.25, 0.3) is 0 Å². The molecule has 6 nitrogen and oxygen atoms in total. The van der Waals surface area contributed by atoms with Gasteiger partial charge in [-0.05, 0) is 50.3 Å². The fourth-order valence-corrected chi connectivity index (χ4v) is 4.44. The summed E-state index contributed by atoms with van der Waals surface area (Å²) in [6.07, 6.45) is 11.4. The molecule has 4 rings (SSSR count). The molecule has 3 heterocycles. The fraction of sp³-hybridized carbons (Fsp3) is 0.571. The molecule has 1 N–H and O–H groups in total. The number of pyridine rings is 1. The van der Waals surface area contributed by atoms with Gasteiger partial charge in [-0.15, -0.1) is 0 Å². The minimum absolute atomic E-state index is 0.0105. The van der Waals surface area contributed by atoms with Crippen LogP contribution in [0.2, 0.25) is 0 Å². The Morgan fingerprint density at radius 2 is 2.26 bits per heavy atom. The number of carbonyl (C=O) groups is 1. The molecule has 1 amide bonds. The number of amides is 1. The number of carbonyl (C=O) groups excluding carboxylic acids is 1. The van der Waals surface area contributed by atoms with Crippen LogP contribution in [0, 0.1) is 5.92 Å². The van der Waals surface area contributed by atoms with E-state index in [0.29, 0.717) is 19.0 Å². The van der Waals surface area contributed by atoms with Crippen LogP contribution in [0.5, 0.6) is 0 Å². The standard InChI is InChI=1S/C21H29N5O/c1-16(27)22-11-13-26-21-19(8-5-10-23-21)20(24-26)18-9-12-25(15-18)14-17-6-3-2-4-7-17/h2-3,5,8,10,17-18H,4,6-7,9,11-15H2,1H3,(H,22,27)/t17-,18-/m1/s1. The number of likely N-dealkylation sites (tertiary alicyclic amines) is 1. The van der Waals surface area contributed by atoms with E-state index in [-0.39, 0.29) is 5.91 Å². The van der Waals surface area contributed by atoms with Gasteiger partial charge < -0.3 is 10.2 Å². The molecule has 0 aromatic carbocycles. The minimum Gasteiger partial charge on any atom is -0.354 e. The Labute approximate surface area is 160 Å². The highest BCUT2D eigenvalue weighted by Gasteiger charge is 2.29. The lowest BCUT2D eigenvalue weighted by Gasteiger charge is -2.24. The monoisotopic (exact) mass is 367 g/mol. The molecule has 144 valence electrons. The summed E-state index contributed by atoms with van der Waals surface area (Å²) in [6, 6.07) is 4.13. The Morgan fingerprint density at radius 1 is 1.33 bits per heavy atom. The fourth-order valence-electron chi connectivity index (χ4n) is 4.44. The van der Waals surface area contributed by atoms with Crippen LogP contribution in [0.25, 0.3) is 11.0 Å². The van der Waals surface area contributed by atoms with Crippen molar-refractivity contribution in [1.29, 1.82) is 0 Å². The summed E-state index contributed by atoms with van der Waals surface area (Å²) in [6.45, 7) is 6.23. The lowest BCUT2D eigenvalue weighted by Crippen LogP contribution is -2.28. The Kier molecular flexibility index (Phi) is 5.53. The molecule has 1 saturated heterocycles. The van der Waals surface area contributed by atoms with E-state index < -0.39 is 0 Å². The average molecular weight is 367 g/mol. The van der Waals surface area contributed by atoms with Crippen molar-refractivity contribution in [2.75, 3.05) is 26.2 Å². The topological polar surface area (TPSA) is 63.1 Å². The highest BCUT2D eigenvalue weighted by Crippen LogP contribution is 2.32. The molecule has 1 aliphatic heterocycles. The van der Waals surface area contributed by atoms with Gasteiger partial charge in [-0.3, -0.25) is 4.79 Å². The van der Waals surface area contributed by atoms with E-state index in [1.807, 2.05) is 16.9 Å². The molecular weight excluding hydrogens is 338 g/mol. The second-order valence-corrected chi connectivity index (χ2v) is 7.86. The lowest BCUT2D eigenvalue weighted by molar-refractivity contribution is -0.118. The van der Waals surface area contributed by atoms with Gasteiger partial charge in [0.15, 0.2) is 5.65 Å². The van der Waals surface area contributed by atoms with E-state index in [1.54, 1.807) is 6.92 Å². The number of aromatic nitrogens is 3. The normalized spacial score (nSPS) is 23.1. The number of allylic oxidation sites excluding steroid dienone is 2. The zero-order valence-electron chi connectivity index (χ0n) is 16.1. The highest BCUT2D eigenvalue weighted by molar-refractivity contribution is 5.79. The molecule has 0 unspecified atom stereocenters. The van der Waals surface area contributed by atoms with Gasteiger partial charge in [0.2, 0.25) is 5.91 Å². The zero-order valence-corrected chi connectivity index (χ0v) is 16.1. The quantitative estimate of drug-likeness (QED) is 0.798. The van der Waals surface area contributed by atoms with Crippen molar-refractivity contribution < 1.29 is 4.79 Å². The highest BCUT2D eigenvalue weighted by atomic mass is 16.1. The van der Waals surface area contributed by atoms with Crippen molar-refractivity contribution in [3.63, 3.8) is 0 Å². The van der Waals surface area contributed by atoms with Crippen molar-refractivity contribution in [3.05, 3.63) is 36.2 Å². The number of nitrogens with zero attached hydrogens (tertiary/aromatic N) is 4. The van der Waals surface area contributed by atoms with Gasteiger partial charge in [-0.1, -0.05) is 12.2 Å². The molecule has 27 heavy (non-hydrogen) atoms. The Morgan fingerprint density at radius 3 is 3.07 bits per heavy atom. The summed E-state index contributed by atoms with van der Waals surface area (Å²) in [5.74, 6) is 1.27. The maximum absolute atomic E-state index is 11.1. The van der Waals surface area contributed by atoms with Gasteiger partial charge in [0.05, 0.1) is 12.2 Å². The molecule has 0 spiro atoms. The van der Waals surface area contributed by atoms with E-state index in [2.05, 4.69) is 33.4 Å². The molecule has 0 radical (unpaired) electrons. The maximum Gasteiger partial charge on any atom is 0.216 e. The molecule has 1 fully saturated rings. The van der Waals surface area contributed by atoms with Crippen LogP contribution >= 0.6 is 0 Å². The molecular formula is C21H29N5O. The Hall–Kier alpha value is -2.21. The largest absolute Gasteiger partial charge is 0.354 e. The van der Waals surface area contributed by atoms with Crippen LogP contribution < -0.4 is 5.32 Å². The van der Waals surface area contributed by atoms with Crippen molar-refractivity contribution in [3.8, 4) is 0 Å². The van der Waals surface area contributed by atoms with Gasteiger partial charge in [-0.25, -0.2) is 9.67 Å². The Bertz CT molecular complexity index is 827. The molecule has 2 atom stereocenters. The number of rotatable bonds is 6. The van der Waals surface area contributed by atoms with Gasteiger partial charge in [-0.2, -0.15) is 5.10 Å². The SMILES string of the molecule is CC(=O)NCCn1nc([C@@H]2CCN(C[C@@H]3CC=CCC3)C2)c2cccnc21. The second-order valence-electron chi connectivity index (χ2n) is 7.86. The van der Waals surface area contributed by atoms with Crippen molar-refractivity contribution >= 4 is 16.9 Å². The molecule has 2 aromatic heterocycles. The first-order valence-corrected chi connectivity index (χ1v) is 10.1. The third kappa shape index (κ3) is 4.21. The molecule has 0 bridgehead atoms. The summed E-state index contributed by atoms with van der Waals surface area (Å²) in [5.41, 5.74) is 2.10. The number of hydrogen-bond acceptors (Lipinski definition) is 4. The minimum atomic E-state index is -0.0105. The number of nitrogens with one attached hydrogen (secondary N) is 1.